The van der Waals surface area contributed by atoms with Crippen LogP contribution in [-0.2, 0) is 17.7 Å². The van der Waals surface area contributed by atoms with Gasteiger partial charge in [-0.2, -0.15) is 0 Å². The first kappa shape index (κ1) is 21.0. The molecule has 4 nitrogen and oxygen atoms in total. The highest BCUT2D eigenvalue weighted by atomic mass is 33.1. The van der Waals surface area contributed by atoms with Crippen LogP contribution in [0, 0.1) is 0 Å². The molecular formula is C12H30O4S2Si2. The minimum Gasteiger partial charge on any atom is -0.399 e. The molecule has 0 saturated heterocycles. The molecule has 0 aliphatic carbocycles. The largest absolute Gasteiger partial charge is 0.399 e. The van der Waals surface area contributed by atoms with Crippen molar-refractivity contribution in [2.45, 2.75) is 49.3 Å². The Hall–Kier alpha value is 0.974. The molecule has 0 aromatic carbocycles. The van der Waals surface area contributed by atoms with Gasteiger partial charge in [0.1, 0.15) is 0 Å². The van der Waals surface area contributed by atoms with Gasteiger partial charge >= 0.3 is 18.6 Å². The molecule has 8 heteroatoms. The van der Waals surface area contributed by atoms with Crippen LogP contribution in [0.1, 0.15) is 39.5 Å². The second-order valence-electron chi connectivity index (χ2n) is 4.53. The molecule has 0 bridgehead atoms. The van der Waals surface area contributed by atoms with Gasteiger partial charge in [0.15, 0.2) is 0 Å². The van der Waals surface area contributed by atoms with Crippen LogP contribution >= 0.6 is 21.6 Å². The zero-order valence-corrected chi connectivity index (χ0v) is 17.5. The standard InChI is InChI=1S/C12H30O4S2Si2/c1-7-9-11(19(13-3)14-4)17-18-12(10-8-2)20(15-5)16-6/h11-12,19-20H,7-10H2,1-6H3. The third-order valence-corrected chi connectivity index (χ3v) is 13.0. The Morgan fingerprint density at radius 3 is 1.20 bits per heavy atom. The minimum absolute atomic E-state index is 0.475. The van der Waals surface area contributed by atoms with Crippen LogP contribution in [0.3, 0.4) is 0 Å². The van der Waals surface area contributed by atoms with Crippen LogP contribution in [0.5, 0.6) is 0 Å². The number of rotatable bonds is 13. The van der Waals surface area contributed by atoms with E-state index in [1.54, 1.807) is 28.4 Å². The molecular weight excluding hydrogens is 328 g/mol. The van der Waals surface area contributed by atoms with Gasteiger partial charge in [0, 0.05) is 28.4 Å². The van der Waals surface area contributed by atoms with Gasteiger partial charge in [-0.3, -0.25) is 0 Å². The maximum absolute atomic E-state index is 5.55. The number of hydrogen-bond acceptors (Lipinski definition) is 6. The average molecular weight is 359 g/mol. The van der Waals surface area contributed by atoms with Crippen LogP contribution in [-0.4, -0.2) is 56.8 Å². The van der Waals surface area contributed by atoms with Gasteiger partial charge in [0.2, 0.25) is 0 Å². The highest BCUT2D eigenvalue weighted by Gasteiger charge is 2.30. The summed E-state index contributed by atoms with van der Waals surface area (Å²) in [6.07, 6.45) is 4.59. The average Bonchev–Trinajstić information content (AvgIpc) is 2.46. The SMILES string of the molecule is CCCC(SSC(CCC)[SiH](OC)OC)[SiH](OC)OC. The van der Waals surface area contributed by atoms with Crippen LogP contribution in [0.25, 0.3) is 0 Å². The maximum atomic E-state index is 5.55. The summed E-state index contributed by atoms with van der Waals surface area (Å²) >= 11 is 0. The monoisotopic (exact) mass is 358 g/mol. The molecule has 0 aliphatic heterocycles. The lowest BCUT2D eigenvalue weighted by molar-refractivity contribution is 0.273. The molecule has 2 unspecified atom stereocenters. The normalized spacial score (nSPS) is 15.0. The fourth-order valence-corrected chi connectivity index (χ4v) is 12.0. The van der Waals surface area contributed by atoms with E-state index in [4.69, 9.17) is 17.7 Å². The Kier molecular flexibility index (Phi) is 14.3. The fourth-order valence-electron chi connectivity index (χ4n) is 1.97. The molecule has 0 radical (unpaired) electrons. The van der Waals surface area contributed by atoms with E-state index in [9.17, 15) is 0 Å². The summed E-state index contributed by atoms with van der Waals surface area (Å²) in [7, 11) is 7.73. The third-order valence-electron chi connectivity index (χ3n) is 2.99. The molecule has 0 saturated carbocycles. The summed E-state index contributed by atoms with van der Waals surface area (Å²) in [6.45, 7) is 4.42. The first-order valence-electron chi connectivity index (χ1n) is 7.11. The predicted octanol–water partition coefficient (Wildman–Crippen LogP) is 2.81. The molecule has 0 aromatic heterocycles. The van der Waals surface area contributed by atoms with E-state index >= 15 is 0 Å². The van der Waals surface area contributed by atoms with Gasteiger partial charge in [-0.1, -0.05) is 48.3 Å². The molecule has 0 aliphatic rings. The first-order chi connectivity index (χ1) is 9.68. The lowest BCUT2D eigenvalue weighted by atomic mass is 10.4. The predicted molar refractivity (Wildman–Crippen MR) is 94.9 cm³/mol. The minimum atomic E-state index is -1.58. The van der Waals surface area contributed by atoms with Gasteiger partial charge in [0.05, 0.1) is 9.75 Å². The van der Waals surface area contributed by atoms with Crippen molar-refractivity contribution < 1.29 is 17.7 Å². The van der Waals surface area contributed by atoms with Crippen molar-refractivity contribution in [3.63, 3.8) is 0 Å². The lowest BCUT2D eigenvalue weighted by Gasteiger charge is -2.25. The van der Waals surface area contributed by atoms with E-state index in [1.165, 1.54) is 0 Å². The Bertz CT molecular complexity index is 198. The van der Waals surface area contributed by atoms with Crippen molar-refractivity contribution >= 4 is 40.2 Å². The van der Waals surface area contributed by atoms with Crippen LogP contribution < -0.4 is 0 Å². The zero-order chi connectivity index (χ0) is 15.4. The molecule has 0 N–H and O–H groups in total. The molecule has 0 amide bonds. The van der Waals surface area contributed by atoms with Gasteiger partial charge in [-0.15, -0.1) is 0 Å². The van der Waals surface area contributed by atoms with Gasteiger partial charge in [-0.05, 0) is 12.8 Å². The summed E-state index contributed by atoms with van der Waals surface area (Å²) in [5.74, 6) is 0. The summed E-state index contributed by atoms with van der Waals surface area (Å²) in [5, 5.41) is 0. The summed E-state index contributed by atoms with van der Waals surface area (Å²) < 4.78 is 22.2. The second-order valence-corrected chi connectivity index (χ2v) is 13.2. The first-order valence-corrected chi connectivity index (χ1v) is 12.6. The van der Waals surface area contributed by atoms with E-state index in [0.717, 1.165) is 25.7 Å². The van der Waals surface area contributed by atoms with Crippen molar-refractivity contribution in [3.8, 4) is 0 Å². The Labute approximate surface area is 135 Å². The second kappa shape index (κ2) is 13.6. The molecule has 0 fully saturated rings. The molecule has 122 valence electrons. The van der Waals surface area contributed by atoms with E-state index in [-0.39, 0.29) is 0 Å². The van der Waals surface area contributed by atoms with E-state index < -0.39 is 18.6 Å². The Morgan fingerprint density at radius 2 is 1.00 bits per heavy atom. The van der Waals surface area contributed by atoms with Crippen LogP contribution in [0.4, 0.5) is 0 Å². The maximum Gasteiger partial charge on any atom is 0.335 e. The molecule has 20 heavy (non-hydrogen) atoms. The molecule has 0 aromatic rings. The summed E-state index contributed by atoms with van der Waals surface area (Å²) in [5.41, 5.74) is 0. The van der Waals surface area contributed by atoms with Crippen molar-refractivity contribution in [3.05, 3.63) is 0 Å². The van der Waals surface area contributed by atoms with E-state index in [0.29, 0.717) is 9.75 Å². The zero-order valence-electron chi connectivity index (χ0n) is 13.6. The smallest absolute Gasteiger partial charge is 0.335 e. The van der Waals surface area contributed by atoms with Gasteiger partial charge < -0.3 is 17.7 Å². The Morgan fingerprint density at radius 1 is 0.700 bits per heavy atom. The quantitative estimate of drug-likeness (QED) is 0.372. The van der Waals surface area contributed by atoms with Crippen LogP contribution in [0.2, 0.25) is 0 Å². The molecule has 0 heterocycles. The highest BCUT2D eigenvalue weighted by molar-refractivity contribution is 8.77. The molecule has 2 atom stereocenters. The van der Waals surface area contributed by atoms with Crippen LogP contribution in [0.15, 0.2) is 0 Å². The summed E-state index contributed by atoms with van der Waals surface area (Å²) in [4.78, 5) is 0.949. The number of hydrogen-bond donors (Lipinski definition) is 0. The molecule has 0 spiro atoms. The van der Waals surface area contributed by atoms with Crippen molar-refractivity contribution in [2.75, 3.05) is 28.4 Å². The van der Waals surface area contributed by atoms with E-state index in [1.807, 2.05) is 21.6 Å². The third kappa shape index (κ3) is 7.83. The topological polar surface area (TPSA) is 36.9 Å². The van der Waals surface area contributed by atoms with Crippen molar-refractivity contribution in [1.29, 1.82) is 0 Å². The Balaban J connectivity index is 4.52. The van der Waals surface area contributed by atoms with E-state index in [2.05, 4.69) is 13.8 Å². The highest BCUT2D eigenvalue weighted by Crippen LogP contribution is 2.37. The lowest BCUT2D eigenvalue weighted by Crippen LogP contribution is -2.35. The molecule has 0 rings (SSSR count). The summed E-state index contributed by atoms with van der Waals surface area (Å²) in [6, 6.07) is 0. The van der Waals surface area contributed by atoms with Crippen molar-refractivity contribution in [2.24, 2.45) is 0 Å². The van der Waals surface area contributed by atoms with Gasteiger partial charge in [0.25, 0.3) is 0 Å². The fraction of sp³-hybridized carbons (Fsp3) is 1.00. The van der Waals surface area contributed by atoms with Gasteiger partial charge in [-0.25, -0.2) is 0 Å². The van der Waals surface area contributed by atoms with Crippen molar-refractivity contribution in [1.82, 2.24) is 0 Å².